The predicted octanol–water partition coefficient (Wildman–Crippen LogP) is 4.46. The number of hydrogen-bond donors (Lipinski definition) is 0. The molecule has 172 valence electrons. The molecule has 1 fully saturated rings. The molecule has 1 aliphatic rings. The molecule has 0 N–H and O–H groups in total. The topological polar surface area (TPSA) is 80.2 Å². The highest BCUT2D eigenvalue weighted by molar-refractivity contribution is 7.93. The van der Waals surface area contributed by atoms with Gasteiger partial charge in [-0.25, -0.2) is 13.4 Å². The van der Waals surface area contributed by atoms with E-state index in [1.165, 1.54) is 18.0 Å². The summed E-state index contributed by atoms with van der Waals surface area (Å²) in [6.45, 7) is 5.39. The molecular formula is C23H21F3N3O3S+. The van der Waals surface area contributed by atoms with Crippen LogP contribution < -0.4 is 4.90 Å². The number of anilines is 1. The molecule has 2 atom stereocenters. The third-order valence-electron chi connectivity index (χ3n) is 6.08. The first-order chi connectivity index (χ1) is 15.4. The molecule has 4 rings (SSSR count). The molecule has 6 nitrogen and oxygen atoms in total. The van der Waals surface area contributed by atoms with Gasteiger partial charge in [-0.3, -0.25) is 14.7 Å². The van der Waals surface area contributed by atoms with Crippen molar-refractivity contribution in [2.75, 3.05) is 11.4 Å². The van der Waals surface area contributed by atoms with Gasteiger partial charge in [0.1, 0.15) is 0 Å². The van der Waals surface area contributed by atoms with E-state index in [9.17, 15) is 26.4 Å². The first-order valence-electron chi connectivity index (χ1n) is 10.2. The summed E-state index contributed by atoms with van der Waals surface area (Å²) >= 11 is 0. The Morgan fingerprint density at radius 1 is 1.09 bits per heavy atom. The molecule has 0 aliphatic carbocycles. The smallest absolute Gasteiger partial charge is 0.296 e. The maximum atomic E-state index is 13.3. The molecule has 2 heterocycles. The van der Waals surface area contributed by atoms with Gasteiger partial charge in [0.2, 0.25) is 20.5 Å². The number of carbonyl (C=O) groups excluding carboxylic acids is 1. The third-order valence-corrected chi connectivity index (χ3v) is 8.52. The highest BCUT2D eigenvalue weighted by atomic mass is 32.2. The largest absolute Gasteiger partial charge is 0.416 e. The van der Waals surface area contributed by atoms with Gasteiger partial charge in [-0.05, 0) is 43.7 Å². The van der Waals surface area contributed by atoms with Gasteiger partial charge in [-0.2, -0.15) is 13.2 Å². The van der Waals surface area contributed by atoms with Crippen molar-refractivity contribution < 1.29 is 26.4 Å². The van der Waals surface area contributed by atoms with E-state index in [1.807, 2.05) is 12.1 Å². The fourth-order valence-electron chi connectivity index (χ4n) is 4.00. The fourth-order valence-corrected chi connectivity index (χ4v) is 5.72. The molecule has 2 unspecified atom stereocenters. The number of alkyl halides is 3. The Labute approximate surface area is 189 Å². The number of benzene rings is 2. The minimum Gasteiger partial charge on any atom is -0.296 e. The lowest BCUT2D eigenvalue weighted by Crippen LogP contribution is -2.49. The van der Waals surface area contributed by atoms with E-state index in [4.69, 9.17) is 0 Å². The lowest BCUT2D eigenvalue weighted by Gasteiger charge is -2.35. The summed E-state index contributed by atoms with van der Waals surface area (Å²) in [5.41, 5.74) is 0.250. The number of piperidine rings is 1. The van der Waals surface area contributed by atoms with Crippen molar-refractivity contribution in [2.45, 2.75) is 35.6 Å². The highest BCUT2D eigenvalue weighted by Crippen LogP contribution is 2.40. The Kier molecular flexibility index (Phi) is 5.60. The predicted molar refractivity (Wildman–Crippen MR) is 117 cm³/mol. The van der Waals surface area contributed by atoms with Crippen LogP contribution in [0.15, 0.2) is 59.6 Å². The molecular weight excluding hydrogens is 455 g/mol. The maximum absolute atomic E-state index is 13.3. The number of amides is 1. The molecule has 0 saturated carbocycles. The monoisotopic (exact) mass is 476 g/mol. The van der Waals surface area contributed by atoms with Crippen LogP contribution in [-0.4, -0.2) is 35.6 Å². The van der Waals surface area contributed by atoms with Crippen molar-refractivity contribution in [1.29, 1.82) is 0 Å². The number of aromatic nitrogens is 2. The number of halogens is 3. The van der Waals surface area contributed by atoms with Crippen LogP contribution in [0.5, 0.6) is 0 Å². The number of fused-ring (bicyclic) bond motifs is 1. The molecule has 10 heteroatoms. The normalized spacial score (nSPS) is 19.5. The van der Waals surface area contributed by atoms with Crippen LogP contribution in [0.3, 0.4) is 0 Å². The highest BCUT2D eigenvalue weighted by Gasteiger charge is 2.52. The standard InChI is InChI=1S/C23H21F3N3O3S/c1-22(2,33(31,32)17-7-5-6-16(12-17)23(24,25)26)15-10-11-29(21(30)13-15)20-14-27-18-8-3-4-9-19(18)28-20/h3-9,12,14-15H,1,10-11,13H2,2H3/q+1. The van der Waals surface area contributed by atoms with Crippen LogP contribution in [-0.2, 0) is 20.8 Å². The first-order valence-corrected chi connectivity index (χ1v) is 11.7. The quantitative estimate of drug-likeness (QED) is 0.520. The summed E-state index contributed by atoms with van der Waals surface area (Å²) in [6.07, 6.45) is -3.03. The molecule has 33 heavy (non-hydrogen) atoms. The summed E-state index contributed by atoms with van der Waals surface area (Å²) in [6, 6.07) is 10.8. The van der Waals surface area contributed by atoms with Crippen molar-refractivity contribution in [2.24, 2.45) is 5.92 Å². The second-order valence-electron chi connectivity index (χ2n) is 8.29. The molecule has 1 aliphatic heterocycles. The van der Waals surface area contributed by atoms with Crippen molar-refractivity contribution >= 4 is 32.6 Å². The molecule has 1 aromatic heterocycles. The average molecular weight is 477 g/mol. The zero-order valence-corrected chi connectivity index (χ0v) is 18.5. The van der Waals surface area contributed by atoms with Gasteiger partial charge >= 0.3 is 6.18 Å². The van der Waals surface area contributed by atoms with E-state index in [-0.39, 0.29) is 18.9 Å². The van der Waals surface area contributed by atoms with Crippen molar-refractivity contribution in [3.05, 3.63) is 67.2 Å². The average Bonchev–Trinajstić information content (AvgIpc) is 2.78. The Bertz CT molecular complexity index is 1320. The number of nitrogens with zero attached hydrogens (tertiary/aromatic N) is 3. The Morgan fingerprint density at radius 3 is 2.45 bits per heavy atom. The summed E-state index contributed by atoms with van der Waals surface area (Å²) in [5, 5.41) is 0. The molecule has 2 aromatic carbocycles. The van der Waals surface area contributed by atoms with E-state index in [0.29, 0.717) is 29.3 Å². The summed E-state index contributed by atoms with van der Waals surface area (Å²) in [5.74, 6) is -0.664. The van der Waals surface area contributed by atoms with Crippen molar-refractivity contribution in [3.63, 3.8) is 0 Å². The second kappa shape index (κ2) is 8.02. The van der Waals surface area contributed by atoms with E-state index in [0.717, 1.165) is 18.2 Å². The second-order valence-corrected chi connectivity index (χ2v) is 10.7. The zero-order valence-electron chi connectivity index (χ0n) is 17.7. The molecule has 0 spiro atoms. The van der Waals surface area contributed by atoms with Crippen LogP contribution in [0.4, 0.5) is 19.0 Å². The lowest BCUT2D eigenvalue weighted by molar-refractivity contribution is -0.137. The number of rotatable bonds is 4. The fraction of sp³-hybridized carbons (Fsp3) is 0.304. The lowest BCUT2D eigenvalue weighted by atomic mass is 9.85. The first kappa shape index (κ1) is 23.0. The summed E-state index contributed by atoms with van der Waals surface area (Å²) in [4.78, 5) is 22.7. The van der Waals surface area contributed by atoms with Gasteiger partial charge in [0.15, 0.2) is 5.82 Å². The van der Waals surface area contributed by atoms with Crippen LogP contribution in [0.1, 0.15) is 25.3 Å². The van der Waals surface area contributed by atoms with Gasteiger partial charge in [0.05, 0.1) is 34.6 Å². The maximum Gasteiger partial charge on any atom is 0.416 e. The number of carbonyl (C=O) groups is 1. The Morgan fingerprint density at radius 2 is 1.79 bits per heavy atom. The van der Waals surface area contributed by atoms with Crippen molar-refractivity contribution in [3.8, 4) is 0 Å². The van der Waals surface area contributed by atoms with Gasteiger partial charge in [-0.1, -0.05) is 18.2 Å². The van der Waals surface area contributed by atoms with E-state index >= 15 is 0 Å². The number of sulfone groups is 1. The zero-order chi connectivity index (χ0) is 24.0. The summed E-state index contributed by atoms with van der Waals surface area (Å²) < 4.78 is 64.1. The van der Waals surface area contributed by atoms with Crippen molar-refractivity contribution in [1.82, 2.24) is 9.97 Å². The van der Waals surface area contributed by atoms with Gasteiger partial charge in [-0.15, -0.1) is 0 Å². The molecule has 1 amide bonds. The Balaban J connectivity index is 1.58. The van der Waals surface area contributed by atoms with Crippen LogP contribution in [0.25, 0.3) is 11.0 Å². The van der Waals surface area contributed by atoms with Crippen LogP contribution >= 0.6 is 0 Å². The molecule has 0 radical (unpaired) electrons. The molecule has 1 saturated heterocycles. The number of para-hydroxylation sites is 2. The molecule has 0 bridgehead atoms. The minimum absolute atomic E-state index is 0.132. The Hall–Kier alpha value is -3.14. The van der Waals surface area contributed by atoms with Gasteiger partial charge < -0.3 is 0 Å². The summed E-state index contributed by atoms with van der Waals surface area (Å²) in [7, 11) is -4.27. The number of hydrogen-bond acceptors (Lipinski definition) is 5. The van der Waals surface area contributed by atoms with Gasteiger partial charge in [0.25, 0.3) is 0 Å². The minimum atomic E-state index is -4.68. The van der Waals surface area contributed by atoms with E-state index in [1.54, 1.807) is 12.1 Å². The van der Waals surface area contributed by atoms with E-state index in [2.05, 4.69) is 16.9 Å². The third kappa shape index (κ3) is 4.15. The van der Waals surface area contributed by atoms with E-state index < -0.39 is 37.1 Å². The van der Waals surface area contributed by atoms with Gasteiger partial charge in [0, 0.05) is 18.9 Å². The SMILES string of the molecule is [CH2+]C(C)(C1CCN(c2cnc3ccccc3n2)C(=O)C1)S(=O)(=O)c1cccc(C(F)(F)F)c1. The van der Waals surface area contributed by atoms with Crippen LogP contribution in [0.2, 0.25) is 0 Å². The van der Waals surface area contributed by atoms with Crippen LogP contribution in [0, 0.1) is 12.8 Å². The molecule has 3 aromatic rings.